The van der Waals surface area contributed by atoms with E-state index in [0.717, 1.165) is 12.0 Å². The lowest BCUT2D eigenvalue weighted by molar-refractivity contribution is -0.115. The summed E-state index contributed by atoms with van der Waals surface area (Å²) in [6.45, 7) is 4.10. The number of hydrogen-bond acceptors (Lipinski definition) is 3. The van der Waals surface area contributed by atoms with E-state index in [1.165, 1.54) is 17.3 Å². The van der Waals surface area contributed by atoms with Crippen LogP contribution in [0.15, 0.2) is 24.3 Å². The van der Waals surface area contributed by atoms with Gasteiger partial charge in [0.25, 0.3) is 0 Å². The summed E-state index contributed by atoms with van der Waals surface area (Å²) in [5.41, 5.74) is 13.7. The van der Waals surface area contributed by atoms with Crippen LogP contribution < -0.4 is 11.5 Å². The Labute approximate surface area is 107 Å². The number of amides is 1. The Bertz CT molecular complexity index is 364. The Balaban J connectivity index is 2.81. The molecule has 2 atom stereocenters. The summed E-state index contributed by atoms with van der Waals surface area (Å²) in [6.07, 6.45) is 0.879. The molecule has 4 N–H and O–H groups in total. The highest BCUT2D eigenvalue weighted by Gasteiger charge is 2.19. The smallest absolute Gasteiger partial charge is 0.227 e. The van der Waals surface area contributed by atoms with Crippen molar-refractivity contribution in [2.24, 2.45) is 11.5 Å². The van der Waals surface area contributed by atoms with Gasteiger partial charge in [-0.05, 0) is 18.9 Å². The summed E-state index contributed by atoms with van der Waals surface area (Å²) in [7, 11) is 0. The highest BCUT2D eigenvalue weighted by atomic mass is 32.2. The number of primary amides is 1. The zero-order valence-corrected chi connectivity index (χ0v) is 11.2. The molecule has 0 aliphatic rings. The summed E-state index contributed by atoms with van der Waals surface area (Å²) in [6, 6.07) is 8.32. The number of carbonyl (C=O) groups is 1. The maximum atomic E-state index is 10.9. The van der Waals surface area contributed by atoms with E-state index in [2.05, 4.69) is 38.1 Å². The van der Waals surface area contributed by atoms with Gasteiger partial charge in [-0.2, -0.15) is 0 Å². The molecule has 2 unspecified atom stereocenters. The van der Waals surface area contributed by atoms with Gasteiger partial charge >= 0.3 is 0 Å². The fourth-order valence-electron chi connectivity index (χ4n) is 1.61. The molecule has 0 aliphatic carbocycles. The molecule has 0 aromatic heterocycles. The SMILES string of the molecule is CCC(N)C(SCC(N)=O)c1ccc(C)cc1. The monoisotopic (exact) mass is 252 g/mol. The van der Waals surface area contributed by atoms with E-state index < -0.39 is 0 Å². The molecule has 3 nitrogen and oxygen atoms in total. The van der Waals surface area contributed by atoms with E-state index in [0.29, 0.717) is 5.75 Å². The number of benzene rings is 1. The van der Waals surface area contributed by atoms with Crippen molar-refractivity contribution in [3.8, 4) is 0 Å². The van der Waals surface area contributed by atoms with Gasteiger partial charge < -0.3 is 11.5 Å². The van der Waals surface area contributed by atoms with Gasteiger partial charge in [-0.25, -0.2) is 0 Å². The average Bonchev–Trinajstić information content (AvgIpc) is 2.30. The van der Waals surface area contributed by atoms with Gasteiger partial charge in [-0.3, -0.25) is 4.79 Å². The van der Waals surface area contributed by atoms with Crippen molar-refractivity contribution in [2.45, 2.75) is 31.6 Å². The Morgan fingerprint density at radius 1 is 1.35 bits per heavy atom. The second-order valence-electron chi connectivity index (χ2n) is 4.18. The lowest BCUT2D eigenvalue weighted by atomic mass is 10.0. The minimum absolute atomic E-state index is 0.0436. The van der Waals surface area contributed by atoms with Crippen LogP contribution >= 0.6 is 11.8 Å². The lowest BCUT2D eigenvalue weighted by Crippen LogP contribution is -2.27. The fourth-order valence-corrected chi connectivity index (χ4v) is 2.74. The van der Waals surface area contributed by atoms with Crippen molar-refractivity contribution in [1.29, 1.82) is 0 Å². The minimum atomic E-state index is -0.296. The molecule has 0 aliphatic heterocycles. The third-order valence-electron chi connectivity index (χ3n) is 2.67. The molecule has 94 valence electrons. The summed E-state index contributed by atoms with van der Waals surface area (Å²) in [5, 5.41) is 0.132. The number of nitrogens with two attached hydrogens (primary N) is 2. The Morgan fingerprint density at radius 2 is 1.94 bits per heavy atom. The van der Waals surface area contributed by atoms with Gasteiger partial charge in [-0.15, -0.1) is 11.8 Å². The number of rotatable bonds is 6. The van der Waals surface area contributed by atoms with Crippen LogP contribution in [0.25, 0.3) is 0 Å². The highest BCUT2D eigenvalue weighted by Crippen LogP contribution is 2.32. The van der Waals surface area contributed by atoms with Crippen molar-refractivity contribution in [3.63, 3.8) is 0 Å². The van der Waals surface area contributed by atoms with Crippen LogP contribution in [0.2, 0.25) is 0 Å². The first-order valence-electron chi connectivity index (χ1n) is 5.76. The second kappa shape index (κ2) is 6.67. The van der Waals surface area contributed by atoms with Crippen molar-refractivity contribution in [3.05, 3.63) is 35.4 Å². The van der Waals surface area contributed by atoms with Crippen LogP contribution in [0.3, 0.4) is 0 Å². The molecular weight excluding hydrogens is 232 g/mol. The lowest BCUT2D eigenvalue weighted by Gasteiger charge is -2.22. The highest BCUT2D eigenvalue weighted by molar-refractivity contribution is 8.00. The second-order valence-corrected chi connectivity index (χ2v) is 5.31. The molecule has 1 aromatic rings. The van der Waals surface area contributed by atoms with Gasteiger partial charge in [0.2, 0.25) is 5.91 Å². The van der Waals surface area contributed by atoms with Crippen molar-refractivity contribution >= 4 is 17.7 Å². The van der Waals surface area contributed by atoms with Gasteiger partial charge in [0.05, 0.1) is 5.75 Å². The van der Waals surface area contributed by atoms with Crippen LogP contribution in [0.4, 0.5) is 0 Å². The van der Waals surface area contributed by atoms with Gasteiger partial charge in [0.15, 0.2) is 0 Å². The summed E-state index contributed by atoms with van der Waals surface area (Å²) < 4.78 is 0. The summed E-state index contributed by atoms with van der Waals surface area (Å²) in [4.78, 5) is 10.9. The maximum absolute atomic E-state index is 10.9. The van der Waals surface area contributed by atoms with Crippen molar-refractivity contribution in [2.75, 3.05) is 5.75 Å². The van der Waals surface area contributed by atoms with E-state index in [1.54, 1.807) is 0 Å². The van der Waals surface area contributed by atoms with Crippen LogP contribution in [0.1, 0.15) is 29.7 Å². The molecule has 1 amide bonds. The van der Waals surface area contributed by atoms with E-state index >= 15 is 0 Å². The van der Waals surface area contributed by atoms with E-state index in [1.807, 2.05) is 0 Å². The van der Waals surface area contributed by atoms with Gasteiger partial charge in [-0.1, -0.05) is 36.8 Å². The number of carbonyl (C=O) groups excluding carboxylic acids is 1. The molecule has 17 heavy (non-hydrogen) atoms. The van der Waals surface area contributed by atoms with E-state index in [9.17, 15) is 4.79 Å². The molecule has 0 heterocycles. The molecule has 0 saturated carbocycles. The van der Waals surface area contributed by atoms with Crippen LogP contribution in [-0.4, -0.2) is 17.7 Å². The Morgan fingerprint density at radius 3 is 2.41 bits per heavy atom. The molecule has 1 aromatic carbocycles. The van der Waals surface area contributed by atoms with Crippen LogP contribution in [-0.2, 0) is 4.79 Å². The van der Waals surface area contributed by atoms with E-state index in [-0.39, 0.29) is 17.2 Å². The number of hydrogen-bond donors (Lipinski definition) is 2. The first-order chi connectivity index (χ1) is 8.04. The van der Waals surface area contributed by atoms with Gasteiger partial charge in [0.1, 0.15) is 0 Å². The maximum Gasteiger partial charge on any atom is 0.227 e. The van der Waals surface area contributed by atoms with Crippen LogP contribution in [0, 0.1) is 6.92 Å². The fraction of sp³-hybridized carbons (Fsp3) is 0.462. The number of thioether (sulfide) groups is 1. The molecular formula is C13H20N2OS. The van der Waals surface area contributed by atoms with Gasteiger partial charge in [0, 0.05) is 11.3 Å². The molecule has 0 fully saturated rings. The first kappa shape index (κ1) is 14.1. The summed E-state index contributed by atoms with van der Waals surface area (Å²) >= 11 is 1.52. The number of aryl methyl sites for hydroxylation is 1. The Kier molecular flexibility index (Phi) is 5.51. The average molecular weight is 252 g/mol. The minimum Gasteiger partial charge on any atom is -0.369 e. The molecule has 4 heteroatoms. The normalized spacial score (nSPS) is 14.3. The topological polar surface area (TPSA) is 69.1 Å². The van der Waals surface area contributed by atoms with Crippen molar-refractivity contribution < 1.29 is 4.79 Å². The zero-order valence-electron chi connectivity index (χ0n) is 10.3. The van der Waals surface area contributed by atoms with Crippen molar-refractivity contribution in [1.82, 2.24) is 0 Å². The quantitative estimate of drug-likeness (QED) is 0.813. The van der Waals surface area contributed by atoms with Crippen LogP contribution in [0.5, 0.6) is 0 Å². The molecule has 0 saturated heterocycles. The largest absolute Gasteiger partial charge is 0.369 e. The predicted molar refractivity (Wildman–Crippen MR) is 73.8 cm³/mol. The third-order valence-corrected chi connectivity index (χ3v) is 4.10. The Hall–Kier alpha value is -1.00. The molecule has 1 rings (SSSR count). The third kappa shape index (κ3) is 4.40. The molecule has 0 radical (unpaired) electrons. The summed E-state index contributed by atoms with van der Waals surface area (Å²) in [5.74, 6) is 0.0158. The standard InChI is InChI=1S/C13H20N2OS/c1-3-11(14)13(17-8-12(15)16)10-6-4-9(2)5-7-10/h4-7,11,13H,3,8,14H2,1-2H3,(H2,15,16). The molecule has 0 spiro atoms. The first-order valence-corrected chi connectivity index (χ1v) is 6.81. The zero-order chi connectivity index (χ0) is 12.8. The van der Waals surface area contributed by atoms with E-state index in [4.69, 9.17) is 11.5 Å². The predicted octanol–water partition coefficient (Wildman–Crippen LogP) is 1.99. The molecule has 0 bridgehead atoms.